The van der Waals surface area contributed by atoms with Crippen molar-refractivity contribution in [3.8, 4) is 0 Å². The molecule has 1 fully saturated rings. The van der Waals surface area contributed by atoms with Gasteiger partial charge in [0.15, 0.2) is 0 Å². The Kier molecular flexibility index (Phi) is 5.60. The maximum Gasteiger partial charge on any atom is 0.244 e. The second kappa shape index (κ2) is 7.05. The first-order valence-corrected chi connectivity index (χ1v) is 9.69. The van der Waals surface area contributed by atoms with Gasteiger partial charge in [-0.15, -0.1) is 17.9 Å². The smallest absolute Gasteiger partial charge is 0.244 e. The van der Waals surface area contributed by atoms with Crippen LogP contribution in [0.2, 0.25) is 0 Å². The number of nitrogens with one attached hydrogen (secondary N) is 1. The van der Waals surface area contributed by atoms with E-state index < -0.39 is 10.0 Å². The Labute approximate surface area is 131 Å². The summed E-state index contributed by atoms with van der Waals surface area (Å²) < 4.78 is 27.3. The fourth-order valence-corrected chi connectivity index (χ4v) is 5.55. The van der Waals surface area contributed by atoms with Gasteiger partial charge in [0.05, 0.1) is 4.90 Å². The number of aryl methyl sites for hydroxylation is 1. The highest BCUT2D eigenvalue weighted by Crippen LogP contribution is 2.35. The summed E-state index contributed by atoms with van der Waals surface area (Å²) in [6.07, 6.45) is 4.66. The van der Waals surface area contributed by atoms with Gasteiger partial charge in [0, 0.05) is 28.9 Å². The van der Waals surface area contributed by atoms with Crippen LogP contribution < -0.4 is 5.32 Å². The zero-order chi connectivity index (χ0) is 15.5. The standard InChI is InChI=1S/C15H24N2O2S2/c1-4-8-16-11-14-10-15(12(3)20-14)21(18,19)17(9-5-2)13-6-7-13/h5,10,13,16H,2,4,6-9,11H2,1,3H3. The monoisotopic (exact) mass is 328 g/mol. The Morgan fingerprint density at radius 2 is 2.24 bits per heavy atom. The lowest BCUT2D eigenvalue weighted by Crippen LogP contribution is -2.33. The van der Waals surface area contributed by atoms with E-state index in [1.54, 1.807) is 21.7 Å². The molecule has 6 heteroatoms. The van der Waals surface area contributed by atoms with Crippen molar-refractivity contribution >= 4 is 21.4 Å². The van der Waals surface area contributed by atoms with Gasteiger partial charge in [-0.25, -0.2) is 8.42 Å². The van der Waals surface area contributed by atoms with Crippen molar-refractivity contribution in [3.63, 3.8) is 0 Å². The summed E-state index contributed by atoms with van der Waals surface area (Å²) in [6.45, 7) is 9.77. The number of hydrogen-bond acceptors (Lipinski definition) is 4. The minimum Gasteiger partial charge on any atom is -0.312 e. The van der Waals surface area contributed by atoms with Gasteiger partial charge in [-0.3, -0.25) is 0 Å². The molecular weight excluding hydrogens is 304 g/mol. The van der Waals surface area contributed by atoms with Gasteiger partial charge in [0.25, 0.3) is 0 Å². The topological polar surface area (TPSA) is 49.4 Å². The number of thiophene rings is 1. The van der Waals surface area contributed by atoms with Crippen LogP contribution in [-0.2, 0) is 16.6 Å². The van der Waals surface area contributed by atoms with Gasteiger partial charge in [-0.2, -0.15) is 4.31 Å². The van der Waals surface area contributed by atoms with Crippen LogP contribution in [0.15, 0.2) is 23.6 Å². The fourth-order valence-electron chi connectivity index (χ4n) is 2.32. The van der Waals surface area contributed by atoms with Gasteiger partial charge in [-0.1, -0.05) is 13.0 Å². The first-order chi connectivity index (χ1) is 10.0. The van der Waals surface area contributed by atoms with E-state index in [1.165, 1.54) is 0 Å². The van der Waals surface area contributed by atoms with E-state index in [-0.39, 0.29) is 6.04 Å². The third-order valence-corrected chi connectivity index (χ3v) is 6.72. The molecule has 0 spiro atoms. The lowest BCUT2D eigenvalue weighted by molar-refractivity contribution is 0.436. The Balaban J connectivity index is 2.20. The molecule has 1 aromatic rings. The van der Waals surface area contributed by atoms with Crippen molar-refractivity contribution in [2.24, 2.45) is 0 Å². The predicted octanol–water partition coefficient (Wildman–Crippen LogP) is 2.90. The van der Waals surface area contributed by atoms with E-state index in [9.17, 15) is 8.42 Å². The van der Waals surface area contributed by atoms with Crippen molar-refractivity contribution in [2.45, 2.75) is 50.6 Å². The van der Waals surface area contributed by atoms with Crippen LogP contribution in [0.4, 0.5) is 0 Å². The molecule has 0 aromatic carbocycles. The minimum absolute atomic E-state index is 0.161. The molecule has 1 heterocycles. The van der Waals surface area contributed by atoms with Gasteiger partial charge in [0.2, 0.25) is 10.0 Å². The summed E-state index contributed by atoms with van der Waals surface area (Å²) in [6, 6.07) is 1.99. The molecule has 0 bridgehead atoms. The number of rotatable bonds is 9. The van der Waals surface area contributed by atoms with Crippen molar-refractivity contribution < 1.29 is 8.42 Å². The van der Waals surface area contributed by atoms with Gasteiger partial charge >= 0.3 is 0 Å². The van der Waals surface area contributed by atoms with Crippen LogP contribution in [-0.4, -0.2) is 31.9 Å². The molecule has 2 rings (SSSR count). The second-order valence-electron chi connectivity index (χ2n) is 5.40. The van der Waals surface area contributed by atoms with Crippen LogP contribution in [0.25, 0.3) is 0 Å². The molecule has 0 atom stereocenters. The molecule has 1 aliphatic rings. The van der Waals surface area contributed by atoms with E-state index >= 15 is 0 Å². The maximum atomic E-state index is 12.8. The third-order valence-electron chi connectivity index (χ3n) is 3.50. The fraction of sp³-hybridized carbons (Fsp3) is 0.600. The molecule has 0 radical (unpaired) electrons. The summed E-state index contributed by atoms with van der Waals surface area (Å²) >= 11 is 1.57. The van der Waals surface area contributed by atoms with Crippen molar-refractivity contribution in [3.05, 3.63) is 28.5 Å². The Morgan fingerprint density at radius 1 is 1.52 bits per heavy atom. The zero-order valence-electron chi connectivity index (χ0n) is 12.8. The summed E-state index contributed by atoms with van der Waals surface area (Å²) in [5.41, 5.74) is 0. The maximum absolute atomic E-state index is 12.8. The third kappa shape index (κ3) is 3.94. The van der Waals surface area contributed by atoms with E-state index in [2.05, 4.69) is 18.8 Å². The quantitative estimate of drug-likeness (QED) is 0.560. The Morgan fingerprint density at radius 3 is 2.81 bits per heavy atom. The average molecular weight is 329 g/mol. The molecule has 1 saturated carbocycles. The minimum atomic E-state index is -3.40. The van der Waals surface area contributed by atoms with Crippen LogP contribution in [0.5, 0.6) is 0 Å². The lowest BCUT2D eigenvalue weighted by atomic mass is 10.4. The normalized spacial score (nSPS) is 15.6. The summed E-state index contributed by atoms with van der Waals surface area (Å²) in [4.78, 5) is 2.42. The van der Waals surface area contributed by atoms with Gasteiger partial charge < -0.3 is 5.32 Å². The highest BCUT2D eigenvalue weighted by Gasteiger charge is 2.38. The lowest BCUT2D eigenvalue weighted by Gasteiger charge is -2.19. The predicted molar refractivity (Wildman–Crippen MR) is 88.2 cm³/mol. The van der Waals surface area contributed by atoms with E-state index in [4.69, 9.17) is 0 Å². The molecule has 1 aromatic heterocycles. The first kappa shape index (κ1) is 16.7. The largest absolute Gasteiger partial charge is 0.312 e. The van der Waals surface area contributed by atoms with E-state index in [0.29, 0.717) is 11.4 Å². The molecule has 1 N–H and O–H groups in total. The highest BCUT2D eigenvalue weighted by atomic mass is 32.2. The van der Waals surface area contributed by atoms with Crippen LogP contribution in [0, 0.1) is 6.92 Å². The van der Waals surface area contributed by atoms with Crippen LogP contribution in [0.1, 0.15) is 35.9 Å². The van der Waals surface area contributed by atoms with Gasteiger partial charge in [0.1, 0.15) is 0 Å². The van der Waals surface area contributed by atoms with Crippen LogP contribution in [0.3, 0.4) is 0 Å². The van der Waals surface area contributed by atoms with Gasteiger partial charge in [-0.05, 0) is 38.8 Å². The molecule has 0 unspecified atom stereocenters. The molecule has 4 nitrogen and oxygen atoms in total. The van der Waals surface area contributed by atoms with Crippen molar-refractivity contribution in [1.82, 2.24) is 9.62 Å². The Bertz CT molecular complexity index is 589. The number of sulfonamides is 1. The van der Waals surface area contributed by atoms with Crippen molar-refractivity contribution in [2.75, 3.05) is 13.1 Å². The molecule has 0 aliphatic heterocycles. The second-order valence-corrected chi connectivity index (χ2v) is 8.60. The Hall–Kier alpha value is -0.690. The average Bonchev–Trinajstić information content (AvgIpc) is 3.19. The first-order valence-electron chi connectivity index (χ1n) is 7.43. The summed E-state index contributed by atoms with van der Waals surface area (Å²) in [7, 11) is -3.40. The highest BCUT2D eigenvalue weighted by molar-refractivity contribution is 7.89. The molecule has 21 heavy (non-hydrogen) atoms. The molecule has 0 amide bonds. The molecule has 0 saturated heterocycles. The molecule has 1 aliphatic carbocycles. The molecule has 118 valence electrons. The molecular formula is C15H24N2O2S2. The van der Waals surface area contributed by atoms with E-state index in [1.807, 2.05) is 13.0 Å². The zero-order valence-corrected chi connectivity index (χ0v) is 14.4. The SMILES string of the molecule is C=CCN(C1CC1)S(=O)(=O)c1cc(CNCCC)sc1C. The number of nitrogens with zero attached hydrogens (tertiary/aromatic N) is 1. The summed E-state index contributed by atoms with van der Waals surface area (Å²) in [5.74, 6) is 0. The van der Waals surface area contributed by atoms with E-state index in [0.717, 1.165) is 42.1 Å². The summed E-state index contributed by atoms with van der Waals surface area (Å²) in [5, 5.41) is 3.32. The van der Waals surface area contributed by atoms with Crippen LogP contribution >= 0.6 is 11.3 Å². The number of hydrogen-bond donors (Lipinski definition) is 1. The van der Waals surface area contributed by atoms with Crippen molar-refractivity contribution in [1.29, 1.82) is 0 Å².